The van der Waals surface area contributed by atoms with Crippen LogP contribution in [0.25, 0.3) is 0 Å². The van der Waals surface area contributed by atoms with Gasteiger partial charge in [-0.15, -0.1) is 0 Å². The summed E-state index contributed by atoms with van der Waals surface area (Å²) in [4.78, 5) is 23.6. The normalized spacial score (nSPS) is 9.84. The Kier molecular flexibility index (Phi) is 7.17. The predicted molar refractivity (Wildman–Crippen MR) is 102 cm³/mol. The van der Waals surface area contributed by atoms with Crippen LogP contribution in [0, 0.1) is 0 Å². The van der Waals surface area contributed by atoms with Crippen molar-refractivity contribution in [3.8, 4) is 5.75 Å². The van der Waals surface area contributed by atoms with Crippen molar-refractivity contribution in [2.75, 3.05) is 6.61 Å². The Morgan fingerprint density at radius 1 is 1.12 bits per heavy atom. The monoisotopic (exact) mass is 441 g/mol. The number of hydrogen-bond donors (Lipinski definition) is 3. The van der Waals surface area contributed by atoms with E-state index >= 15 is 0 Å². The van der Waals surface area contributed by atoms with Crippen LogP contribution in [0.2, 0.25) is 5.02 Å². The Labute approximate surface area is 163 Å². The molecule has 0 aliphatic rings. The quantitative estimate of drug-likeness (QED) is 0.501. The number of carbonyl (C=O) groups is 2. The lowest BCUT2D eigenvalue weighted by atomic mass is 10.2. The fourth-order valence-corrected chi connectivity index (χ4v) is 2.57. The number of amides is 2. The van der Waals surface area contributed by atoms with E-state index < -0.39 is 5.91 Å². The van der Waals surface area contributed by atoms with Gasteiger partial charge in [0.15, 0.2) is 11.7 Å². The highest BCUT2D eigenvalue weighted by atomic mass is 79.9. The largest absolute Gasteiger partial charge is 0.482 e. The van der Waals surface area contributed by atoms with Crippen LogP contribution in [0.1, 0.15) is 10.4 Å². The molecule has 0 heterocycles. The Morgan fingerprint density at radius 3 is 2.52 bits per heavy atom. The van der Waals surface area contributed by atoms with Crippen molar-refractivity contribution < 1.29 is 14.3 Å². The molecule has 0 aromatic heterocycles. The number of carbonyl (C=O) groups excluding carboxylic acids is 2. The van der Waals surface area contributed by atoms with Gasteiger partial charge in [-0.25, -0.2) is 0 Å². The second kappa shape index (κ2) is 9.36. The molecule has 2 aromatic carbocycles. The number of ether oxygens (including phenoxy) is 1. The standard InChI is InChI=1S/C16H13BrClN3O3S/c17-11-6-7-13(12(18)8-11)24-9-14(22)20-21-16(25)19-15(23)10-4-2-1-3-5-10/h1-8H,9H2,(H,20,22)(H2,19,21,23,25). The van der Waals surface area contributed by atoms with Crippen LogP contribution in [-0.2, 0) is 4.79 Å². The highest BCUT2D eigenvalue weighted by Gasteiger charge is 2.09. The molecule has 0 radical (unpaired) electrons. The van der Waals surface area contributed by atoms with E-state index in [2.05, 4.69) is 32.1 Å². The van der Waals surface area contributed by atoms with Crippen LogP contribution in [0.15, 0.2) is 53.0 Å². The van der Waals surface area contributed by atoms with Gasteiger partial charge in [0.25, 0.3) is 11.8 Å². The Morgan fingerprint density at radius 2 is 1.84 bits per heavy atom. The second-order valence-electron chi connectivity index (χ2n) is 4.69. The smallest absolute Gasteiger partial charge is 0.276 e. The van der Waals surface area contributed by atoms with Crippen LogP contribution in [0.3, 0.4) is 0 Å². The molecule has 0 spiro atoms. The number of hydrogen-bond acceptors (Lipinski definition) is 4. The average Bonchev–Trinajstić information content (AvgIpc) is 2.60. The SMILES string of the molecule is O=C(COc1ccc(Br)cc1Cl)NNC(=S)NC(=O)c1ccccc1. The lowest BCUT2D eigenvalue weighted by molar-refractivity contribution is -0.123. The maximum atomic E-state index is 11.9. The number of nitrogens with one attached hydrogen (secondary N) is 3. The molecular weight excluding hydrogens is 430 g/mol. The van der Waals surface area contributed by atoms with Gasteiger partial charge in [0.2, 0.25) is 0 Å². The highest BCUT2D eigenvalue weighted by Crippen LogP contribution is 2.27. The lowest BCUT2D eigenvalue weighted by Gasteiger charge is -2.12. The fourth-order valence-electron chi connectivity index (χ4n) is 1.69. The molecule has 6 nitrogen and oxygen atoms in total. The number of rotatable bonds is 4. The number of thiocarbonyl (C=S) groups is 1. The molecule has 2 amide bonds. The summed E-state index contributed by atoms with van der Waals surface area (Å²) < 4.78 is 6.10. The van der Waals surface area contributed by atoms with Crippen LogP contribution >= 0.6 is 39.7 Å². The van der Waals surface area contributed by atoms with Gasteiger partial charge in [0, 0.05) is 10.0 Å². The van der Waals surface area contributed by atoms with Gasteiger partial charge in [-0.05, 0) is 42.5 Å². The Balaban J connectivity index is 1.74. The molecule has 0 unspecified atom stereocenters. The summed E-state index contributed by atoms with van der Waals surface area (Å²) in [7, 11) is 0. The van der Waals surface area contributed by atoms with Gasteiger partial charge >= 0.3 is 0 Å². The average molecular weight is 443 g/mol. The first kappa shape index (κ1) is 19.2. The molecule has 130 valence electrons. The molecule has 25 heavy (non-hydrogen) atoms. The fraction of sp³-hybridized carbons (Fsp3) is 0.0625. The molecule has 0 saturated heterocycles. The molecule has 2 rings (SSSR count). The minimum Gasteiger partial charge on any atom is -0.482 e. The van der Waals surface area contributed by atoms with E-state index in [1.165, 1.54) is 0 Å². The van der Waals surface area contributed by atoms with Gasteiger partial charge in [-0.3, -0.25) is 25.8 Å². The first-order valence-corrected chi connectivity index (χ1v) is 8.56. The topological polar surface area (TPSA) is 79.5 Å². The summed E-state index contributed by atoms with van der Waals surface area (Å²) in [5, 5.41) is 2.78. The lowest BCUT2D eigenvalue weighted by Crippen LogP contribution is -2.49. The van der Waals surface area contributed by atoms with Crippen molar-refractivity contribution in [1.29, 1.82) is 0 Å². The number of halogens is 2. The predicted octanol–water partition coefficient (Wildman–Crippen LogP) is 2.82. The van der Waals surface area contributed by atoms with Gasteiger partial charge in [-0.1, -0.05) is 45.7 Å². The minimum absolute atomic E-state index is 0.0381. The summed E-state index contributed by atoms with van der Waals surface area (Å²) >= 11 is 14.2. The van der Waals surface area contributed by atoms with Crippen LogP contribution in [0.5, 0.6) is 5.75 Å². The van der Waals surface area contributed by atoms with Crippen LogP contribution < -0.4 is 20.9 Å². The summed E-state index contributed by atoms with van der Waals surface area (Å²) in [5.74, 6) is -0.500. The first-order valence-electron chi connectivity index (χ1n) is 6.99. The van der Waals surface area contributed by atoms with E-state index in [9.17, 15) is 9.59 Å². The van der Waals surface area contributed by atoms with E-state index in [0.717, 1.165) is 4.47 Å². The van der Waals surface area contributed by atoms with Gasteiger partial charge in [-0.2, -0.15) is 0 Å². The third-order valence-corrected chi connectivity index (χ3v) is 3.82. The molecule has 3 N–H and O–H groups in total. The zero-order valence-electron chi connectivity index (χ0n) is 12.7. The highest BCUT2D eigenvalue weighted by molar-refractivity contribution is 9.10. The van der Waals surface area contributed by atoms with Gasteiger partial charge in [0.05, 0.1) is 5.02 Å². The molecule has 0 saturated carbocycles. The third kappa shape index (κ3) is 6.33. The van der Waals surface area contributed by atoms with E-state index in [0.29, 0.717) is 16.3 Å². The van der Waals surface area contributed by atoms with E-state index in [1.54, 1.807) is 48.5 Å². The van der Waals surface area contributed by atoms with Gasteiger partial charge in [0.1, 0.15) is 5.75 Å². The molecule has 9 heteroatoms. The maximum Gasteiger partial charge on any atom is 0.276 e. The van der Waals surface area contributed by atoms with Gasteiger partial charge < -0.3 is 4.74 Å². The molecular formula is C16H13BrClN3O3S. The van der Waals surface area contributed by atoms with Crippen molar-refractivity contribution in [3.05, 3.63) is 63.6 Å². The van der Waals surface area contributed by atoms with Crippen LogP contribution in [-0.4, -0.2) is 23.5 Å². The first-order chi connectivity index (χ1) is 12.0. The summed E-state index contributed by atoms with van der Waals surface area (Å²) in [6, 6.07) is 13.6. The molecule has 0 aliphatic heterocycles. The van der Waals surface area contributed by atoms with Crippen molar-refractivity contribution in [2.24, 2.45) is 0 Å². The Bertz CT molecular complexity index is 789. The molecule has 2 aromatic rings. The summed E-state index contributed by atoms with van der Waals surface area (Å²) in [5.41, 5.74) is 5.19. The van der Waals surface area contributed by atoms with Crippen LogP contribution in [0.4, 0.5) is 0 Å². The minimum atomic E-state index is -0.490. The summed E-state index contributed by atoms with van der Waals surface area (Å²) in [6.07, 6.45) is 0. The van der Waals surface area contributed by atoms with E-state index in [-0.39, 0.29) is 17.6 Å². The summed E-state index contributed by atoms with van der Waals surface area (Å²) in [6.45, 7) is -0.274. The van der Waals surface area contributed by atoms with Crippen molar-refractivity contribution in [2.45, 2.75) is 0 Å². The van der Waals surface area contributed by atoms with Crippen molar-refractivity contribution in [3.63, 3.8) is 0 Å². The van der Waals surface area contributed by atoms with Crippen molar-refractivity contribution >= 4 is 56.7 Å². The molecule has 0 bridgehead atoms. The number of hydrazine groups is 1. The molecule has 0 aliphatic carbocycles. The molecule has 0 fully saturated rings. The van der Waals surface area contributed by atoms with E-state index in [1.807, 2.05) is 0 Å². The Hall–Kier alpha value is -2.16. The zero-order chi connectivity index (χ0) is 18.2. The zero-order valence-corrected chi connectivity index (χ0v) is 15.9. The maximum absolute atomic E-state index is 11.9. The van der Waals surface area contributed by atoms with Crippen molar-refractivity contribution in [1.82, 2.24) is 16.2 Å². The molecule has 0 atom stereocenters. The second-order valence-corrected chi connectivity index (χ2v) is 6.42. The third-order valence-electron chi connectivity index (χ3n) is 2.83. The van der Waals surface area contributed by atoms with E-state index in [4.69, 9.17) is 28.6 Å². The number of benzene rings is 2.